The molecule has 1 aromatic carbocycles. The van der Waals surface area contributed by atoms with E-state index in [0.717, 1.165) is 36.2 Å². The highest BCUT2D eigenvalue weighted by atomic mass is 16.5. The Hall–Kier alpha value is -2.44. The van der Waals surface area contributed by atoms with Crippen molar-refractivity contribution in [3.05, 3.63) is 64.3 Å². The number of para-hydroxylation sites is 2. The van der Waals surface area contributed by atoms with E-state index in [2.05, 4.69) is 41.9 Å². The highest BCUT2D eigenvalue weighted by Crippen LogP contribution is 2.40. The van der Waals surface area contributed by atoms with Gasteiger partial charge in [0.15, 0.2) is 0 Å². The van der Waals surface area contributed by atoms with Crippen LogP contribution in [-0.2, 0) is 23.4 Å². The van der Waals surface area contributed by atoms with E-state index < -0.39 is 0 Å². The topological polar surface area (TPSA) is 52.3 Å². The molecule has 3 aromatic rings. The summed E-state index contributed by atoms with van der Waals surface area (Å²) in [5.74, 6) is 0. The first-order valence-electron chi connectivity index (χ1n) is 11.8. The summed E-state index contributed by atoms with van der Waals surface area (Å²) < 4.78 is 9.85. The number of pyridine rings is 1. The quantitative estimate of drug-likeness (QED) is 0.531. The fourth-order valence-corrected chi connectivity index (χ4v) is 5.10. The van der Waals surface area contributed by atoms with Crippen molar-refractivity contribution in [3.8, 4) is 0 Å². The van der Waals surface area contributed by atoms with Crippen LogP contribution in [0.5, 0.6) is 0 Å². The second-order valence-electron chi connectivity index (χ2n) is 9.66. The van der Waals surface area contributed by atoms with Crippen molar-refractivity contribution in [1.82, 2.24) is 19.0 Å². The Kier molecular flexibility index (Phi) is 6.28. The minimum absolute atomic E-state index is 0.0741. The van der Waals surface area contributed by atoms with Crippen molar-refractivity contribution >= 4 is 11.0 Å². The van der Waals surface area contributed by atoms with Crippen molar-refractivity contribution in [2.24, 2.45) is 5.41 Å². The Balaban J connectivity index is 1.68. The molecule has 0 spiro atoms. The summed E-state index contributed by atoms with van der Waals surface area (Å²) in [7, 11) is 0. The van der Waals surface area contributed by atoms with E-state index >= 15 is 0 Å². The normalized spacial score (nSPS) is 19.8. The van der Waals surface area contributed by atoms with E-state index in [1.54, 1.807) is 0 Å². The lowest BCUT2D eigenvalue weighted by Gasteiger charge is -2.38. The molecule has 0 radical (unpaired) electrons. The van der Waals surface area contributed by atoms with Crippen LogP contribution in [0.15, 0.2) is 47.4 Å². The second kappa shape index (κ2) is 8.83. The van der Waals surface area contributed by atoms with Crippen LogP contribution >= 0.6 is 0 Å². The number of nitrogens with zero attached hydrogens (tertiary/aromatic N) is 4. The van der Waals surface area contributed by atoms with E-state index in [1.807, 2.05) is 54.3 Å². The molecule has 0 bridgehead atoms. The number of benzene rings is 1. The number of aryl methyl sites for hydroxylation is 2. The lowest BCUT2D eigenvalue weighted by atomic mass is 9.87. The van der Waals surface area contributed by atoms with Gasteiger partial charge in [-0.1, -0.05) is 18.2 Å². The molecule has 2 aromatic heterocycles. The third-order valence-corrected chi connectivity index (χ3v) is 7.19. The van der Waals surface area contributed by atoms with Gasteiger partial charge in [0.05, 0.1) is 17.6 Å². The van der Waals surface area contributed by atoms with Crippen LogP contribution < -0.4 is 5.69 Å². The van der Waals surface area contributed by atoms with Crippen LogP contribution in [-0.4, -0.2) is 45.3 Å². The first-order chi connectivity index (χ1) is 15.3. The molecule has 0 N–H and O–H groups in total. The Bertz CT molecular complexity index is 1130. The third-order valence-electron chi connectivity index (χ3n) is 7.19. The van der Waals surface area contributed by atoms with E-state index in [4.69, 9.17) is 4.74 Å². The smallest absolute Gasteiger partial charge is 0.329 e. The van der Waals surface area contributed by atoms with Gasteiger partial charge in [-0.05, 0) is 71.3 Å². The number of hydrogen-bond donors (Lipinski definition) is 0. The van der Waals surface area contributed by atoms with E-state index in [9.17, 15) is 4.79 Å². The lowest BCUT2D eigenvalue weighted by Crippen LogP contribution is -2.44. The van der Waals surface area contributed by atoms with Gasteiger partial charge in [-0.25, -0.2) is 4.79 Å². The molecular weight excluding hydrogens is 400 g/mol. The van der Waals surface area contributed by atoms with E-state index in [0.29, 0.717) is 26.3 Å². The highest BCUT2D eigenvalue weighted by Gasteiger charge is 2.44. The van der Waals surface area contributed by atoms with Gasteiger partial charge in [-0.3, -0.25) is 19.0 Å². The zero-order chi connectivity index (χ0) is 22.9. The average Bonchev–Trinajstić information content (AvgIpc) is 3.33. The van der Waals surface area contributed by atoms with Crippen molar-refractivity contribution in [2.75, 3.05) is 26.3 Å². The maximum absolute atomic E-state index is 13.3. The number of aromatic nitrogens is 3. The minimum Gasteiger partial charge on any atom is -0.381 e. The first-order valence-corrected chi connectivity index (χ1v) is 11.8. The van der Waals surface area contributed by atoms with Gasteiger partial charge in [0.1, 0.15) is 0 Å². The minimum atomic E-state index is -0.142. The molecule has 0 amide bonds. The van der Waals surface area contributed by atoms with Crippen LogP contribution in [0.2, 0.25) is 0 Å². The molecule has 32 heavy (non-hydrogen) atoms. The van der Waals surface area contributed by atoms with Crippen LogP contribution in [0.4, 0.5) is 0 Å². The third kappa shape index (κ3) is 4.02. The summed E-state index contributed by atoms with van der Waals surface area (Å²) in [5.41, 5.74) is 4.08. The van der Waals surface area contributed by atoms with Crippen molar-refractivity contribution < 1.29 is 4.74 Å². The van der Waals surface area contributed by atoms with E-state index in [-0.39, 0.29) is 16.6 Å². The molecule has 6 heteroatoms. The Morgan fingerprint density at radius 3 is 2.44 bits per heavy atom. The maximum Gasteiger partial charge on any atom is 0.329 e. The standard InChI is InChI=1S/C26H36N4O2/c1-6-29-22-10-8-9-11-23(22)30(24(29)31)18-26(19-32-7-2)14-15-28(17-26)25(4,5)21-13-12-20(3)27-16-21/h8-13,16H,6-7,14-15,17-19H2,1-5H3. The molecule has 1 aliphatic heterocycles. The number of rotatable bonds is 8. The predicted octanol–water partition coefficient (Wildman–Crippen LogP) is 4.19. The fraction of sp³-hybridized carbons (Fsp3) is 0.538. The fourth-order valence-electron chi connectivity index (χ4n) is 5.10. The molecule has 4 rings (SSSR count). The van der Waals surface area contributed by atoms with Crippen molar-refractivity contribution in [3.63, 3.8) is 0 Å². The van der Waals surface area contributed by atoms with E-state index in [1.165, 1.54) is 5.56 Å². The number of ether oxygens (including phenoxy) is 1. The van der Waals surface area contributed by atoms with Gasteiger partial charge in [0, 0.05) is 49.1 Å². The summed E-state index contributed by atoms with van der Waals surface area (Å²) in [6.45, 7) is 15.1. The molecular formula is C26H36N4O2. The molecule has 1 atom stereocenters. The van der Waals surface area contributed by atoms with Crippen molar-refractivity contribution in [2.45, 2.75) is 59.7 Å². The summed E-state index contributed by atoms with van der Waals surface area (Å²) >= 11 is 0. The summed E-state index contributed by atoms with van der Waals surface area (Å²) in [6.07, 6.45) is 2.99. The number of likely N-dealkylation sites (tertiary alicyclic amines) is 1. The monoisotopic (exact) mass is 436 g/mol. The van der Waals surface area contributed by atoms with Gasteiger partial charge in [-0.2, -0.15) is 0 Å². The maximum atomic E-state index is 13.3. The number of fused-ring (bicyclic) bond motifs is 1. The predicted molar refractivity (Wildman–Crippen MR) is 129 cm³/mol. The van der Waals surface area contributed by atoms with Crippen LogP contribution in [0.1, 0.15) is 45.4 Å². The Morgan fingerprint density at radius 1 is 1.09 bits per heavy atom. The average molecular weight is 437 g/mol. The van der Waals surface area contributed by atoms with Crippen LogP contribution in [0, 0.1) is 12.3 Å². The molecule has 6 nitrogen and oxygen atoms in total. The van der Waals surface area contributed by atoms with Crippen molar-refractivity contribution in [1.29, 1.82) is 0 Å². The summed E-state index contributed by atoms with van der Waals surface area (Å²) in [6, 6.07) is 12.4. The lowest BCUT2D eigenvalue weighted by molar-refractivity contribution is 0.0333. The zero-order valence-electron chi connectivity index (χ0n) is 20.1. The van der Waals surface area contributed by atoms with Gasteiger partial charge in [0.2, 0.25) is 0 Å². The van der Waals surface area contributed by atoms with Gasteiger partial charge in [0.25, 0.3) is 0 Å². The number of hydrogen-bond acceptors (Lipinski definition) is 4. The second-order valence-corrected chi connectivity index (χ2v) is 9.66. The first kappa shape index (κ1) is 22.7. The number of imidazole rings is 1. The zero-order valence-corrected chi connectivity index (χ0v) is 20.1. The molecule has 3 heterocycles. The molecule has 1 unspecified atom stereocenters. The SMILES string of the molecule is CCOCC1(Cn2c(=O)n(CC)c3ccccc32)CCN(C(C)(C)c2ccc(C)nc2)C1. The van der Waals surface area contributed by atoms with Gasteiger partial charge < -0.3 is 4.74 Å². The van der Waals surface area contributed by atoms with Crippen LogP contribution in [0.3, 0.4) is 0 Å². The molecule has 172 valence electrons. The largest absolute Gasteiger partial charge is 0.381 e. The van der Waals surface area contributed by atoms with Gasteiger partial charge in [-0.15, -0.1) is 0 Å². The highest BCUT2D eigenvalue weighted by molar-refractivity contribution is 5.76. The molecule has 1 saturated heterocycles. The molecule has 1 fully saturated rings. The summed E-state index contributed by atoms with van der Waals surface area (Å²) in [5, 5.41) is 0. The summed E-state index contributed by atoms with van der Waals surface area (Å²) in [4.78, 5) is 20.4. The van der Waals surface area contributed by atoms with Gasteiger partial charge >= 0.3 is 5.69 Å². The Morgan fingerprint density at radius 2 is 1.81 bits per heavy atom. The molecule has 1 aliphatic rings. The molecule has 0 saturated carbocycles. The van der Waals surface area contributed by atoms with Crippen LogP contribution in [0.25, 0.3) is 11.0 Å². The Labute approximate surface area is 190 Å². The molecule has 0 aliphatic carbocycles.